The van der Waals surface area contributed by atoms with Crippen molar-refractivity contribution in [3.8, 4) is 11.5 Å². The molecule has 132 valence electrons. The van der Waals surface area contributed by atoms with Crippen LogP contribution in [0, 0.1) is 0 Å². The van der Waals surface area contributed by atoms with E-state index in [2.05, 4.69) is 25.8 Å². The van der Waals surface area contributed by atoms with Gasteiger partial charge in [-0.2, -0.15) is 0 Å². The van der Waals surface area contributed by atoms with Crippen molar-refractivity contribution < 1.29 is 9.47 Å². The van der Waals surface area contributed by atoms with Gasteiger partial charge in [0.25, 0.3) is 0 Å². The molecular weight excluding hydrogens is 340 g/mol. The van der Waals surface area contributed by atoms with Gasteiger partial charge in [-0.1, -0.05) is 11.6 Å². The highest BCUT2D eigenvalue weighted by Crippen LogP contribution is 2.38. The zero-order valence-electron chi connectivity index (χ0n) is 14.0. The van der Waals surface area contributed by atoms with Gasteiger partial charge in [0.1, 0.15) is 5.82 Å². The number of rotatable bonds is 3. The van der Waals surface area contributed by atoms with Gasteiger partial charge in [0.05, 0.1) is 24.4 Å². The van der Waals surface area contributed by atoms with Crippen LogP contribution in [-0.4, -0.2) is 54.3 Å². The van der Waals surface area contributed by atoms with Gasteiger partial charge in [-0.3, -0.25) is 9.88 Å². The molecular formula is C18H21ClN4O2. The fourth-order valence-corrected chi connectivity index (χ4v) is 3.51. The lowest BCUT2D eigenvalue weighted by molar-refractivity contribution is 0.248. The molecule has 0 amide bonds. The van der Waals surface area contributed by atoms with Crippen LogP contribution in [0.15, 0.2) is 30.7 Å². The van der Waals surface area contributed by atoms with E-state index in [0.717, 1.165) is 56.3 Å². The third-order valence-corrected chi connectivity index (χ3v) is 4.79. The Bertz CT molecular complexity index is 721. The van der Waals surface area contributed by atoms with E-state index in [1.54, 1.807) is 12.4 Å². The van der Waals surface area contributed by atoms with Crippen LogP contribution in [0.5, 0.6) is 11.5 Å². The Labute approximate surface area is 152 Å². The summed E-state index contributed by atoms with van der Waals surface area (Å²) in [4.78, 5) is 13.2. The van der Waals surface area contributed by atoms with Gasteiger partial charge in [0.15, 0.2) is 11.5 Å². The van der Waals surface area contributed by atoms with Crippen LogP contribution < -0.4 is 14.4 Å². The van der Waals surface area contributed by atoms with Crippen molar-refractivity contribution in [2.24, 2.45) is 0 Å². The second-order valence-electron chi connectivity index (χ2n) is 6.28. The van der Waals surface area contributed by atoms with Crippen LogP contribution in [0.25, 0.3) is 0 Å². The number of hydrogen-bond donors (Lipinski definition) is 0. The maximum absolute atomic E-state index is 6.39. The van der Waals surface area contributed by atoms with Gasteiger partial charge in [-0.05, 0) is 17.7 Å². The number of benzene rings is 1. The molecule has 0 spiro atoms. The lowest BCUT2D eigenvalue weighted by Crippen LogP contribution is -2.46. The van der Waals surface area contributed by atoms with E-state index in [1.807, 2.05) is 12.3 Å². The Morgan fingerprint density at radius 3 is 2.68 bits per heavy atom. The highest BCUT2D eigenvalue weighted by molar-refractivity contribution is 6.32. The highest BCUT2D eigenvalue weighted by atomic mass is 35.5. The molecule has 6 nitrogen and oxygen atoms in total. The standard InChI is InChI=1S/C18H21ClN4O2/c19-15-10-14(11-16-18(15)25-9-1-8-24-16)13-22-4-6-23(7-5-22)17-12-20-2-3-21-17/h2-3,10-12H,1,4-9,13H2. The van der Waals surface area contributed by atoms with Gasteiger partial charge in [-0.25, -0.2) is 4.98 Å². The molecule has 0 unspecified atom stereocenters. The molecule has 0 N–H and O–H groups in total. The predicted molar refractivity (Wildman–Crippen MR) is 96.6 cm³/mol. The molecule has 1 aromatic carbocycles. The summed E-state index contributed by atoms with van der Waals surface area (Å²) < 4.78 is 11.5. The van der Waals surface area contributed by atoms with Gasteiger partial charge in [0.2, 0.25) is 0 Å². The van der Waals surface area contributed by atoms with Gasteiger partial charge in [0, 0.05) is 51.5 Å². The first kappa shape index (κ1) is 16.4. The summed E-state index contributed by atoms with van der Waals surface area (Å²) in [5.74, 6) is 2.38. The topological polar surface area (TPSA) is 50.7 Å². The quantitative estimate of drug-likeness (QED) is 0.838. The molecule has 0 atom stereocenters. The summed E-state index contributed by atoms with van der Waals surface area (Å²) in [5.41, 5.74) is 1.15. The fourth-order valence-electron chi connectivity index (χ4n) is 3.22. The van der Waals surface area contributed by atoms with Gasteiger partial charge in [-0.15, -0.1) is 0 Å². The zero-order chi connectivity index (χ0) is 17.1. The van der Waals surface area contributed by atoms with Crippen molar-refractivity contribution in [1.29, 1.82) is 0 Å². The van der Waals surface area contributed by atoms with E-state index < -0.39 is 0 Å². The van der Waals surface area contributed by atoms with Crippen molar-refractivity contribution in [1.82, 2.24) is 14.9 Å². The molecule has 25 heavy (non-hydrogen) atoms. The van der Waals surface area contributed by atoms with Gasteiger partial charge >= 0.3 is 0 Å². The number of halogens is 1. The molecule has 1 fully saturated rings. The molecule has 4 rings (SSSR count). The van der Waals surface area contributed by atoms with Crippen molar-refractivity contribution in [3.05, 3.63) is 41.3 Å². The average molecular weight is 361 g/mol. The first-order chi connectivity index (χ1) is 12.3. The van der Waals surface area contributed by atoms with E-state index >= 15 is 0 Å². The Morgan fingerprint density at radius 1 is 1.04 bits per heavy atom. The Morgan fingerprint density at radius 2 is 1.88 bits per heavy atom. The normalized spacial score (nSPS) is 18.0. The second kappa shape index (κ2) is 7.45. The number of aromatic nitrogens is 2. The van der Waals surface area contributed by atoms with Crippen LogP contribution in [0.4, 0.5) is 5.82 Å². The van der Waals surface area contributed by atoms with Crippen molar-refractivity contribution in [3.63, 3.8) is 0 Å². The maximum Gasteiger partial charge on any atom is 0.179 e. The third kappa shape index (κ3) is 3.80. The summed E-state index contributed by atoms with van der Waals surface area (Å²) in [5, 5.41) is 0.632. The first-order valence-corrected chi connectivity index (χ1v) is 8.99. The minimum absolute atomic E-state index is 0.632. The van der Waals surface area contributed by atoms with Crippen LogP contribution in [0.2, 0.25) is 5.02 Å². The predicted octanol–water partition coefficient (Wildman–Crippen LogP) is 2.61. The molecule has 2 aliphatic rings. The van der Waals surface area contributed by atoms with E-state index in [4.69, 9.17) is 21.1 Å². The van der Waals surface area contributed by atoms with E-state index in [-0.39, 0.29) is 0 Å². The van der Waals surface area contributed by atoms with E-state index in [1.165, 1.54) is 0 Å². The summed E-state index contributed by atoms with van der Waals surface area (Å²) in [6.07, 6.45) is 6.14. The largest absolute Gasteiger partial charge is 0.489 e. The molecule has 0 saturated carbocycles. The van der Waals surface area contributed by atoms with Crippen molar-refractivity contribution in [2.45, 2.75) is 13.0 Å². The number of piperazine rings is 1. The maximum atomic E-state index is 6.39. The molecule has 3 heterocycles. The molecule has 0 bridgehead atoms. The first-order valence-electron chi connectivity index (χ1n) is 8.61. The molecule has 1 saturated heterocycles. The highest BCUT2D eigenvalue weighted by Gasteiger charge is 2.20. The van der Waals surface area contributed by atoms with E-state index in [9.17, 15) is 0 Å². The molecule has 1 aromatic heterocycles. The Balaban J connectivity index is 1.40. The minimum Gasteiger partial charge on any atom is -0.489 e. The lowest BCUT2D eigenvalue weighted by Gasteiger charge is -2.35. The monoisotopic (exact) mass is 360 g/mol. The molecule has 2 aromatic rings. The SMILES string of the molecule is Clc1cc(CN2CCN(c3cnccn3)CC2)cc2c1OCCCO2. The number of nitrogens with zero attached hydrogens (tertiary/aromatic N) is 4. The summed E-state index contributed by atoms with van der Waals surface area (Å²) >= 11 is 6.39. The van der Waals surface area contributed by atoms with Crippen molar-refractivity contribution >= 4 is 17.4 Å². The number of fused-ring (bicyclic) bond motifs is 1. The van der Waals surface area contributed by atoms with Crippen molar-refractivity contribution in [2.75, 3.05) is 44.3 Å². The smallest absolute Gasteiger partial charge is 0.179 e. The third-order valence-electron chi connectivity index (χ3n) is 4.51. The number of hydrogen-bond acceptors (Lipinski definition) is 6. The zero-order valence-corrected chi connectivity index (χ0v) is 14.8. The molecule has 2 aliphatic heterocycles. The van der Waals surface area contributed by atoms with Gasteiger partial charge < -0.3 is 14.4 Å². The number of ether oxygens (including phenoxy) is 2. The minimum atomic E-state index is 0.632. The molecule has 0 radical (unpaired) electrons. The Hall–Kier alpha value is -2.05. The molecule has 0 aliphatic carbocycles. The number of anilines is 1. The lowest BCUT2D eigenvalue weighted by atomic mass is 10.1. The second-order valence-corrected chi connectivity index (χ2v) is 6.69. The van der Waals surface area contributed by atoms with E-state index in [0.29, 0.717) is 24.0 Å². The molecule has 7 heteroatoms. The van der Waals surface area contributed by atoms with Crippen LogP contribution >= 0.6 is 11.6 Å². The summed E-state index contributed by atoms with van der Waals surface area (Å²) in [6, 6.07) is 4.05. The van der Waals surface area contributed by atoms with Crippen LogP contribution in [0.3, 0.4) is 0 Å². The van der Waals surface area contributed by atoms with Crippen LogP contribution in [0.1, 0.15) is 12.0 Å². The Kier molecular flexibility index (Phi) is 4.90. The van der Waals surface area contributed by atoms with Crippen LogP contribution in [-0.2, 0) is 6.54 Å². The fraction of sp³-hybridized carbons (Fsp3) is 0.444. The summed E-state index contributed by atoms with van der Waals surface area (Å²) in [7, 11) is 0. The summed E-state index contributed by atoms with van der Waals surface area (Å²) in [6.45, 7) is 6.00. The average Bonchev–Trinajstić information content (AvgIpc) is 2.89.